The molecule has 0 bridgehead atoms. The van der Waals surface area contributed by atoms with E-state index < -0.39 is 9.73 Å². The van der Waals surface area contributed by atoms with E-state index in [1.165, 1.54) is 11.8 Å². The lowest BCUT2D eigenvalue weighted by molar-refractivity contribution is -0.117. The quantitative estimate of drug-likeness (QED) is 0.544. The van der Waals surface area contributed by atoms with Crippen molar-refractivity contribution >= 4 is 15.6 Å². The van der Waals surface area contributed by atoms with E-state index in [9.17, 15) is 14.1 Å². The maximum absolute atomic E-state index is 13.0. The summed E-state index contributed by atoms with van der Waals surface area (Å²) in [6, 6.07) is 11.4. The molecule has 186 valence electrons. The highest BCUT2D eigenvalue weighted by Crippen LogP contribution is 2.35. The molecular weight excluding hydrogens is 448 g/mol. The van der Waals surface area contributed by atoms with Crippen LogP contribution in [-0.4, -0.2) is 37.5 Å². The molecule has 7 heteroatoms. The lowest BCUT2D eigenvalue weighted by atomic mass is 9.93. The fourth-order valence-electron chi connectivity index (χ4n) is 4.08. The minimum atomic E-state index is -2.74. The van der Waals surface area contributed by atoms with E-state index in [0.717, 1.165) is 37.1 Å². The molecule has 1 aliphatic heterocycles. The first kappa shape index (κ1) is 26.2. The number of hydrogen-bond donors (Lipinski definition) is 1. The Hall–Kier alpha value is -2.38. The van der Waals surface area contributed by atoms with Crippen molar-refractivity contribution in [1.82, 2.24) is 4.90 Å². The molecule has 1 heterocycles. The van der Waals surface area contributed by atoms with Crippen molar-refractivity contribution in [3.63, 3.8) is 0 Å². The average molecular weight is 487 g/mol. The topological polar surface area (TPSA) is 79.2 Å². The summed E-state index contributed by atoms with van der Waals surface area (Å²) < 4.78 is 22.8. The van der Waals surface area contributed by atoms with Gasteiger partial charge in [0.05, 0.1) is 9.73 Å². The Labute approximate surface area is 204 Å². The van der Waals surface area contributed by atoms with Crippen LogP contribution in [0.25, 0.3) is 0 Å². The lowest BCUT2D eigenvalue weighted by Crippen LogP contribution is -2.40. The molecular formula is C27H38N2O4S. The third kappa shape index (κ3) is 6.39. The number of nitrogens with zero attached hydrogens (tertiary/aromatic N) is 2. The zero-order valence-corrected chi connectivity index (χ0v) is 22.3. The van der Waals surface area contributed by atoms with Crippen LogP contribution in [0.15, 0.2) is 45.7 Å². The van der Waals surface area contributed by atoms with Gasteiger partial charge in [0.25, 0.3) is 5.91 Å². The molecule has 2 aromatic rings. The molecule has 1 unspecified atom stereocenters. The number of hydrogen-bond acceptors (Lipinski definition) is 5. The molecule has 6 nitrogen and oxygen atoms in total. The molecule has 0 aliphatic carbocycles. The zero-order valence-electron chi connectivity index (χ0n) is 21.5. The maximum atomic E-state index is 13.0. The fourth-order valence-corrected chi connectivity index (χ4v) is 5.38. The molecule has 1 aliphatic rings. The average Bonchev–Trinajstić information content (AvgIpc) is 3.17. The van der Waals surface area contributed by atoms with Crippen LogP contribution in [0.5, 0.6) is 11.5 Å². The predicted octanol–water partition coefficient (Wildman–Crippen LogP) is 5.69. The van der Waals surface area contributed by atoms with E-state index >= 15 is 0 Å². The van der Waals surface area contributed by atoms with Crippen LogP contribution < -0.4 is 4.74 Å². The second kappa shape index (κ2) is 9.70. The third-order valence-electron chi connectivity index (χ3n) is 6.24. The van der Waals surface area contributed by atoms with Crippen LogP contribution in [-0.2, 0) is 34.0 Å². The summed E-state index contributed by atoms with van der Waals surface area (Å²) in [6.07, 6.45) is 3.57. The van der Waals surface area contributed by atoms with Gasteiger partial charge in [0.1, 0.15) is 5.60 Å². The molecule has 0 aromatic heterocycles. The number of phenolic OH excluding ortho intramolecular Hbond substituents is 1. The number of phenols is 1. The van der Waals surface area contributed by atoms with Crippen molar-refractivity contribution in [2.24, 2.45) is 4.36 Å². The normalized spacial score (nSPS) is 16.1. The summed E-state index contributed by atoms with van der Waals surface area (Å²) >= 11 is 0. The summed E-state index contributed by atoms with van der Waals surface area (Å²) in [5.74, 6) is 0.337. The highest BCUT2D eigenvalue weighted by molar-refractivity contribution is 7.93. The van der Waals surface area contributed by atoms with Crippen molar-refractivity contribution in [3.05, 3.63) is 53.1 Å². The molecule has 34 heavy (non-hydrogen) atoms. The smallest absolute Gasteiger partial charge is 0.253 e. The second-order valence-corrected chi connectivity index (χ2v) is 13.0. The number of amides is 1. The van der Waals surface area contributed by atoms with Crippen molar-refractivity contribution in [2.75, 3.05) is 6.26 Å². The molecule has 1 atom stereocenters. The van der Waals surface area contributed by atoms with Crippen LogP contribution in [0.1, 0.15) is 71.1 Å². The highest BCUT2D eigenvalue weighted by atomic mass is 32.2. The predicted molar refractivity (Wildman–Crippen MR) is 137 cm³/mol. The van der Waals surface area contributed by atoms with Gasteiger partial charge in [-0.2, -0.15) is 4.36 Å². The number of aromatic hydroxyl groups is 1. The third-order valence-corrected chi connectivity index (χ3v) is 7.92. The van der Waals surface area contributed by atoms with Gasteiger partial charge >= 0.3 is 0 Å². The molecule has 2 aromatic carbocycles. The van der Waals surface area contributed by atoms with Gasteiger partial charge in [-0.1, -0.05) is 19.1 Å². The lowest BCUT2D eigenvalue weighted by Gasteiger charge is -2.35. The van der Waals surface area contributed by atoms with Crippen molar-refractivity contribution < 1.29 is 18.8 Å². The Balaban J connectivity index is 1.72. The number of benzene rings is 2. The monoisotopic (exact) mass is 486 g/mol. The summed E-state index contributed by atoms with van der Waals surface area (Å²) in [5, 5.41) is 10.2. The van der Waals surface area contributed by atoms with Gasteiger partial charge in [0.2, 0.25) is 0 Å². The van der Waals surface area contributed by atoms with Gasteiger partial charge in [-0.25, -0.2) is 4.21 Å². The molecule has 0 fully saturated rings. The van der Waals surface area contributed by atoms with Crippen LogP contribution in [0.2, 0.25) is 0 Å². The summed E-state index contributed by atoms with van der Waals surface area (Å²) in [4.78, 5) is 14.8. The van der Waals surface area contributed by atoms with E-state index in [0.29, 0.717) is 10.6 Å². The minimum Gasteiger partial charge on any atom is -0.504 e. The first-order valence-corrected chi connectivity index (χ1v) is 13.8. The van der Waals surface area contributed by atoms with Crippen LogP contribution in [0.4, 0.5) is 0 Å². The van der Waals surface area contributed by atoms with Crippen molar-refractivity contribution in [3.8, 4) is 11.5 Å². The largest absolute Gasteiger partial charge is 0.504 e. The second-order valence-electron chi connectivity index (χ2n) is 10.8. The van der Waals surface area contributed by atoms with E-state index in [2.05, 4.69) is 23.1 Å². The van der Waals surface area contributed by atoms with Gasteiger partial charge < -0.3 is 9.84 Å². The molecule has 0 spiro atoms. The van der Waals surface area contributed by atoms with Crippen LogP contribution >= 0.6 is 0 Å². The standard InChI is InChI=1S/C27H38N2O4S/c1-8-25(31)28-34(7,32)22-11-10-20-17-29(18-21(20)16-22)27(5,6)14-13-19-9-12-23(30)24(15-19)33-26(2,3)4/h9-12,15-16,30H,8,13-14,17-18H2,1-7H3. The summed E-state index contributed by atoms with van der Waals surface area (Å²) in [6.45, 7) is 13.7. The Morgan fingerprint density at radius 3 is 2.41 bits per heavy atom. The van der Waals surface area contributed by atoms with E-state index in [1.54, 1.807) is 13.0 Å². The minimum absolute atomic E-state index is 0.0711. The van der Waals surface area contributed by atoms with Gasteiger partial charge in [0.15, 0.2) is 11.5 Å². The number of ether oxygens (including phenoxy) is 1. The Morgan fingerprint density at radius 1 is 1.09 bits per heavy atom. The Morgan fingerprint density at radius 2 is 1.76 bits per heavy atom. The van der Waals surface area contributed by atoms with Crippen LogP contribution in [0, 0.1) is 0 Å². The molecule has 1 N–H and O–H groups in total. The number of fused-ring (bicyclic) bond motifs is 1. The van der Waals surface area contributed by atoms with Gasteiger partial charge in [-0.15, -0.1) is 0 Å². The molecule has 3 rings (SSSR count). The molecule has 0 saturated heterocycles. The highest BCUT2D eigenvalue weighted by Gasteiger charge is 2.32. The Kier molecular flexibility index (Phi) is 7.48. The first-order chi connectivity index (χ1) is 15.7. The van der Waals surface area contributed by atoms with Crippen LogP contribution in [0.3, 0.4) is 0 Å². The van der Waals surface area contributed by atoms with Gasteiger partial charge in [-0.05, 0) is 88.4 Å². The number of aryl methyl sites for hydroxylation is 1. The summed E-state index contributed by atoms with van der Waals surface area (Å²) in [5.41, 5.74) is 3.04. The number of rotatable bonds is 7. The van der Waals surface area contributed by atoms with E-state index in [4.69, 9.17) is 4.74 Å². The number of carbonyl (C=O) groups excluding carboxylic acids is 1. The van der Waals surface area contributed by atoms with Crippen molar-refractivity contribution in [1.29, 1.82) is 0 Å². The Bertz CT molecular complexity index is 1190. The number of carbonyl (C=O) groups is 1. The van der Waals surface area contributed by atoms with E-state index in [-0.39, 0.29) is 29.2 Å². The van der Waals surface area contributed by atoms with E-state index in [1.807, 2.05) is 51.1 Å². The van der Waals surface area contributed by atoms with Crippen molar-refractivity contribution in [2.45, 2.75) is 89.9 Å². The SMILES string of the molecule is CCC(=O)N=S(C)(=O)c1ccc2c(c1)CN(C(C)(C)CCc1ccc(O)c(OC(C)(C)C)c1)C2. The maximum Gasteiger partial charge on any atom is 0.253 e. The zero-order chi connectivity index (χ0) is 25.3. The van der Waals surface area contributed by atoms with Gasteiger partial charge in [-0.3, -0.25) is 9.69 Å². The first-order valence-electron chi connectivity index (χ1n) is 11.8. The molecule has 0 saturated carbocycles. The van der Waals surface area contributed by atoms with Gasteiger partial charge in [0, 0.05) is 36.2 Å². The summed E-state index contributed by atoms with van der Waals surface area (Å²) in [7, 11) is -2.74. The molecule has 1 amide bonds. The molecule has 0 radical (unpaired) electrons. The fraction of sp³-hybridized carbons (Fsp3) is 0.519.